The normalized spacial score (nSPS) is 19.2. The maximum Gasteiger partial charge on any atom is 0.231 e. The van der Waals surface area contributed by atoms with Crippen LogP contribution in [0.15, 0.2) is 59.0 Å². The van der Waals surface area contributed by atoms with E-state index in [0.717, 1.165) is 46.7 Å². The zero-order valence-electron chi connectivity index (χ0n) is 20.5. The predicted octanol–water partition coefficient (Wildman–Crippen LogP) is 4.38. The lowest BCUT2D eigenvalue weighted by atomic mass is 9.92. The van der Waals surface area contributed by atoms with Gasteiger partial charge in [-0.1, -0.05) is 35.9 Å². The summed E-state index contributed by atoms with van der Waals surface area (Å²) >= 11 is 0. The van der Waals surface area contributed by atoms with Crippen LogP contribution in [-0.2, 0) is 20.0 Å². The molecular formula is C28H32N2O4S. The van der Waals surface area contributed by atoms with Crippen LogP contribution in [0.3, 0.4) is 0 Å². The van der Waals surface area contributed by atoms with Crippen molar-refractivity contribution >= 4 is 21.4 Å². The molecule has 1 aliphatic heterocycles. The molecule has 7 heteroatoms. The predicted molar refractivity (Wildman–Crippen MR) is 138 cm³/mol. The summed E-state index contributed by atoms with van der Waals surface area (Å²) in [7, 11) is -2.95. The highest BCUT2D eigenvalue weighted by molar-refractivity contribution is 7.91. The van der Waals surface area contributed by atoms with E-state index in [2.05, 4.69) is 48.3 Å². The van der Waals surface area contributed by atoms with Gasteiger partial charge in [0.05, 0.1) is 16.9 Å². The first kappa shape index (κ1) is 23.7. The number of hydrogen-bond acceptors (Lipinski definition) is 5. The number of amides is 1. The summed E-state index contributed by atoms with van der Waals surface area (Å²) in [6.45, 7) is 7.00. The summed E-state index contributed by atoms with van der Waals surface area (Å²) in [4.78, 5) is 15.9. The number of anilines is 1. The first-order chi connectivity index (χ1) is 16.7. The molecule has 0 bridgehead atoms. The van der Waals surface area contributed by atoms with Crippen LogP contribution in [0, 0.1) is 20.8 Å². The smallest absolute Gasteiger partial charge is 0.231 e. The molecule has 2 fully saturated rings. The number of nitrogens with one attached hydrogen (secondary N) is 1. The molecule has 1 unspecified atom stereocenters. The van der Waals surface area contributed by atoms with Gasteiger partial charge < -0.3 is 14.6 Å². The van der Waals surface area contributed by atoms with Crippen LogP contribution in [0.2, 0.25) is 0 Å². The summed E-state index contributed by atoms with van der Waals surface area (Å²) in [5.41, 5.74) is 4.69. The molecule has 2 aliphatic rings. The lowest BCUT2D eigenvalue weighted by Gasteiger charge is -2.30. The monoisotopic (exact) mass is 492 g/mol. The number of sulfone groups is 1. The van der Waals surface area contributed by atoms with Crippen LogP contribution in [-0.4, -0.2) is 38.9 Å². The highest BCUT2D eigenvalue weighted by Gasteiger charge is 2.52. The fourth-order valence-electron chi connectivity index (χ4n) is 5.07. The van der Waals surface area contributed by atoms with Gasteiger partial charge in [0.25, 0.3) is 0 Å². The van der Waals surface area contributed by atoms with Gasteiger partial charge in [0.15, 0.2) is 9.84 Å². The topological polar surface area (TPSA) is 79.6 Å². The standard InChI is InChI=1S/C28H32N2O4S/c1-19-7-9-24(20(2)17-19)26(25-10-8-21(3)34-25)29-27(31)28(11-12-28)22-5-4-6-23(18-22)30-13-15-35(32,33)16-14-30/h4-10,17-18,26H,11-16H2,1-3H3,(H,29,31). The van der Waals surface area contributed by atoms with Crippen molar-refractivity contribution < 1.29 is 17.6 Å². The van der Waals surface area contributed by atoms with E-state index >= 15 is 0 Å². The molecule has 2 heterocycles. The van der Waals surface area contributed by atoms with E-state index in [0.29, 0.717) is 13.1 Å². The molecule has 1 saturated carbocycles. The molecule has 1 N–H and O–H groups in total. The Labute approximate surface area is 207 Å². The number of furan rings is 1. The molecule has 35 heavy (non-hydrogen) atoms. The Hall–Kier alpha value is -3.06. The second-order valence-electron chi connectivity index (χ2n) is 9.99. The number of hydrogen-bond donors (Lipinski definition) is 1. The third-order valence-corrected chi connectivity index (χ3v) is 8.96. The quantitative estimate of drug-likeness (QED) is 0.553. The molecule has 0 radical (unpaired) electrons. The Bertz CT molecular complexity index is 1360. The molecular weight excluding hydrogens is 460 g/mol. The molecule has 1 amide bonds. The Kier molecular flexibility index (Phi) is 5.99. The molecule has 1 atom stereocenters. The molecule has 184 valence electrons. The van der Waals surface area contributed by atoms with Gasteiger partial charge in [-0.05, 0) is 74.6 Å². The fraction of sp³-hybridized carbons (Fsp3) is 0.393. The molecule has 6 nitrogen and oxygen atoms in total. The Morgan fingerprint density at radius 3 is 2.37 bits per heavy atom. The lowest BCUT2D eigenvalue weighted by molar-refractivity contribution is -0.124. The lowest BCUT2D eigenvalue weighted by Crippen LogP contribution is -2.40. The van der Waals surface area contributed by atoms with E-state index < -0.39 is 15.3 Å². The van der Waals surface area contributed by atoms with Crippen molar-refractivity contribution in [2.75, 3.05) is 29.5 Å². The van der Waals surface area contributed by atoms with Crippen molar-refractivity contribution in [2.24, 2.45) is 0 Å². The van der Waals surface area contributed by atoms with Crippen LogP contribution in [0.5, 0.6) is 0 Å². The van der Waals surface area contributed by atoms with Crippen molar-refractivity contribution in [3.8, 4) is 0 Å². The first-order valence-corrected chi connectivity index (χ1v) is 14.0. The summed E-state index contributed by atoms with van der Waals surface area (Å²) in [5.74, 6) is 1.87. The number of carbonyl (C=O) groups excluding carboxylic acids is 1. The first-order valence-electron chi connectivity index (χ1n) is 12.2. The van der Waals surface area contributed by atoms with E-state index in [1.54, 1.807) is 0 Å². The second kappa shape index (κ2) is 8.86. The van der Waals surface area contributed by atoms with E-state index in [1.165, 1.54) is 5.56 Å². The number of benzene rings is 2. The van der Waals surface area contributed by atoms with E-state index in [9.17, 15) is 13.2 Å². The average molecular weight is 493 g/mol. The number of aryl methyl sites for hydroxylation is 3. The van der Waals surface area contributed by atoms with Crippen LogP contribution >= 0.6 is 0 Å². The number of nitrogens with zero attached hydrogens (tertiary/aromatic N) is 1. The SMILES string of the molecule is Cc1ccc(C(NC(=O)C2(c3cccc(N4CCS(=O)(=O)CC4)c3)CC2)c2ccc(C)o2)c(C)c1. The molecule has 5 rings (SSSR count). The van der Waals surface area contributed by atoms with Crippen molar-refractivity contribution in [3.05, 3.63) is 88.4 Å². The van der Waals surface area contributed by atoms with Crippen molar-refractivity contribution in [1.29, 1.82) is 0 Å². The van der Waals surface area contributed by atoms with Gasteiger partial charge >= 0.3 is 0 Å². The molecule has 1 aromatic heterocycles. The summed E-state index contributed by atoms with van der Waals surface area (Å²) < 4.78 is 29.7. The van der Waals surface area contributed by atoms with Gasteiger partial charge in [-0.15, -0.1) is 0 Å². The Morgan fingerprint density at radius 1 is 1.00 bits per heavy atom. The highest BCUT2D eigenvalue weighted by Crippen LogP contribution is 2.49. The van der Waals surface area contributed by atoms with Gasteiger partial charge in [-0.3, -0.25) is 4.79 Å². The largest absolute Gasteiger partial charge is 0.464 e. The second-order valence-corrected chi connectivity index (χ2v) is 12.3. The molecule has 0 spiro atoms. The fourth-order valence-corrected chi connectivity index (χ4v) is 6.27. The van der Waals surface area contributed by atoms with Crippen LogP contribution < -0.4 is 10.2 Å². The van der Waals surface area contributed by atoms with Gasteiger partial charge in [-0.2, -0.15) is 0 Å². The maximum absolute atomic E-state index is 13.8. The van der Waals surface area contributed by atoms with Crippen molar-refractivity contribution in [1.82, 2.24) is 5.32 Å². The zero-order chi connectivity index (χ0) is 24.8. The average Bonchev–Trinajstić information content (AvgIpc) is 3.53. The van der Waals surface area contributed by atoms with E-state index in [1.807, 2.05) is 37.3 Å². The van der Waals surface area contributed by atoms with Gasteiger partial charge in [0, 0.05) is 18.8 Å². The van der Waals surface area contributed by atoms with Crippen LogP contribution in [0.25, 0.3) is 0 Å². The third kappa shape index (κ3) is 4.74. The van der Waals surface area contributed by atoms with Crippen molar-refractivity contribution in [2.45, 2.75) is 45.1 Å². The Morgan fingerprint density at radius 2 is 1.74 bits per heavy atom. The minimum atomic E-state index is -2.95. The number of rotatable bonds is 6. The summed E-state index contributed by atoms with van der Waals surface area (Å²) in [6.07, 6.45) is 1.57. The Balaban J connectivity index is 1.42. The van der Waals surface area contributed by atoms with Crippen LogP contribution in [0.1, 0.15) is 52.7 Å². The highest BCUT2D eigenvalue weighted by atomic mass is 32.2. The minimum absolute atomic E-state index is 0.00472. The number of carbonyl (C=O) groups is 1. The van der Waals surface area contributed by atoms with E-state index in [-0.39, 0.29) is 23.5 Å². The summed E-state index contributed by atoms with van der Waals surface area (Å²) in [5, 5.41) is 3.31. The third-order valence-electron chi connectivity index (χ3n) is 7.35. The van der Waals surface area contributed by atoms with Gasteiger partial charge in [0.1, 0.15) is 17.6 Å². The van der Waals surface area contributed by atoms with Crippen LogP contribution in [0.4, 0.5) is 5.69 Å². The maximum atomic E-state index is 13.8. The molecule has 2 aromatic carbocycles. The minimum Gasteiger partial charge on any atom is -0.464 e. The summed E-state index contributed by atoms with van der Waals surface area (Å²) in [6, 6.07) is 17.8. The van der Waals surface area contributed by atoms with Gasteiger partial charge in [0.2, 0.25) is 5.91 Å². The molecule has 1 aliphatic carbocycles. The van der Waals surface area contributed by atoms with Gasteiger partial charge in [-0.25, -0.2) is 8.42 Å². The zero-order valence-corrected chi connectivity index (χ0v) is 21.3. The van der Waals surface area contributed by atoms with Crippen molar-refractivity contribution in [3.63, 3.8) is 0 Å². The van der Waals surface area contributed by atoms with E-state index in [4.69, 9.17) is 4.42 Å². The molecule has 1 saturated heterocycles. The molecule has 3 aromatic rings.